The van der Waals surface area contributed by atoms with Crippen LogP contribution in [0.5, 0.6) is 5.88 Å². The van der Waals surface area contributed by atoms with Gasteiger partial charge in [-0.15, -0.1) is 0 Å². The fraction of sp³-hybridized carbons (Fsp3) is 0.611. The van der Waals surface area contributed by atoms with Crippen LogP contribution in [0.3, 0.4) is 0 Å². The Hall–Kier alpha value is -1.99. The van der Waals surface area contributed by atoms with E-state index in [0.29, 0.717) is 24.1 Å². The molecule has 134 valence electrons. The molecule has 3 heterocycles. The molecule has 2 aromatic rings. The summed E-state index contributed by atoms with van der Waals surface area (Å²) in [5.41, 5.74) is -0.0982. The Morgan fingerprint density at radius 3 is 3.00 bits per heavy atom. The van der Waals surface area contributed by atoms with Crippen molar-refractivity contribution in [2.24, 2.45) is 0 Å². The maximum atomic E-state index is 6.11. The van der Waals surface area contributed by atoms with Crippen molar-refractivity contribution in [1.29, 1.82) is 0 Å². The monoisotopic (exact) mass is 344 g/mol. The molecule has 3 atom stereocenters. The number of methoxy groups -OCH3 is 1. The molecule has 1 aliphatic carbocycles. The average molecular weight is 344 g/mol. The van der Waals surface area contributed by atoms with Crippen LogP contribution in [-0.2, 0) is 11.3 Å². The zero-order chi connectivity index (χ0) is 17.3. The van der Waals surface area contributed by atoms with E-state index >= 15 is 0 Å². The van der Waals surface area contributed by atoms with Crippen LogP contribution in [0.25, 0.3) is 0 Å². The Kier molecular flexibility index (Phi) is 4.43. The predicted octanol–water partition coefficient (Wildman–Crippen LogP) is 2.36. The molecule has 0 spiro atoms. The van der Waals surface area contributed by atoms with Crippen molar-refractivity contribution in [2.75, 3.05) is 13.7 Å². The normalized spacial score (nSPS) is 29.5. The standard InChI is InChI=1S/C18H24N4O3/c1-13-20-17(25-21-13)12-22-10-8-18(23-2)7-6-14(11-15(18)22)24-16-5-3-4-9-19-16/h3-5,9,14-15H,6-8,10-12H2,1-2H3. The Bertz CT molecular complexity index is 707. The molecule has 0 N–H and O–H groups in total. The van der Waals surface area contributed by atoms with Gasteiger partial charge in [-0.05, 0) is 32.3 Å². The summed E-state index contributed by atoms with van der Waals surface area (Å²) in [5, 5.41) is 3.89. The topological polar surface area (TPSA) is 73.5 Å². The minimum Gasteiger partial charge on any atom is -0.474 e. The third-order valence-corrected chi connectivity index (χ3v) is 5.49. The SMILES string of the molecule is COC12CCC(Oc3ccccn3)CC1N(Cc1nc(C)no1)CC2. The molecule has 7 heteroatoms. The van der Waals surface area contributed by atoms with Crippen molar-refractivity contribution in [1.82, 2.24) is 20.0 Å². The van der Waals surface area contributed by atoms with Crippen LogP contribution in [0, 0.1) is 6.92 Å². The molecule has 1 saturated heterocycles. The minimum absolute atomic E-state index is 0.0982. The van der Waals surface area contributed by atoms with Crippen LogP contribution in [0.15, 0.2) is 28.9 Å². The first-order valence-electron chi connectivity index (χ1n) is 8.84. The first-order valence-corrected chi connectivity index (χ1v) is 8.84. The number of hydrogen-bond donors (Lipinski definition) is 0. The zero-order valence-electron chi connectivity index (χ0n) is 14.7. The fourth-order valence-electron chi connectivity index (χ4n) is 4.22. The second kappa shape index (κ2) is 6.72. The molecule has 2 fully saturated rings. The molecule has 1 aliphatic heterocycles. The molecule has 2 aliphatic rings. The van der Waals surface area contributed by atoms with Crippen LogP contribution >= 0.6 is 0 Å². The van der Waals surface area contributed by atoms with Crippen LogP contribution < -0.4 is 4.74 Å². The van der Waals surface area contributed by atoms with Gasteiger partial charge in [-0.1, -0.05) is 11.2 Å². The summed E-state index contributed by atoms with van der Waals surface area (Å²) in [6.07, 6.45) is 5.82. The van der Waals surface area contributed by atoms with E-state index in [1.807, 2.05) is 32.2 Å². The second-order valence-electron chi connectivity index (χ2n) is 6.92. The number of hydrogen-bond acceptors (Lipinski definition) is 7. The van der Waals surface area contributed by atoms with E-state index in [0.717, 1.165) is 32.2 Å². The number of rotatable bonds is 5. The molecule has 4 rings (SSSR count). The highest BCUT2D eigenvalue weighted by Crippen LogP contribution is 2.43. The Morgan fingerprint density at radius 1 is 1.36 bits per heavy atom. The number of likely N-dealkylation sites (tertiary alicyclic amines) is 1. The highest BCUT2D eigenvalue weighted by molar-refractivity contribution is 5.12. The van der Waals surface area contributed by atoms with E-state index in [1.165, 1.54) is 0 Å². The first kappa shape index (κ1) is 16.5. The molecule has 3 unspecified atom stereocenters. The van der Waals surface area contributed by atoms with Crippen molar-refractivity contribution in [2.45, 2.75) is 56.9 Å². The maximum absolute atomic E-state index is 6.11. The van der Waals surface area contributed by atoms with Gasteiger partial charge in [0, 0.05) is 38.4 Å². The van der Waals surface area contributed by atoms with E-state index in [1.54, 1.807) is 6.20 Å². The Balaban J connectivity index is 1.48. The molecule has 0 radical (unpaired) electrons. The number of aryl methyl sites for hydroxylation is 1. The fourth-order valence-corrected chi connectivity index (χ4v) is 4.22. The smallest absolute Gasteiger partial charge is 0.240 e. The summed E-state index contributed by atoms with van der Waals surface area (Å²) < 4.78 is 17.4. The highest BCUT2D eigenvalue weighted by atomic mass is 16.5. The number of aromatic nitrogens is 3. The molecule has 2 aromatic heterocycles. The van der Waals surface area contributed by atoms with E-state index in [2.05, 4.69) is 20.0 Å². The van der Waals surface area contributed by atoms with Gasteiger partial charge in [-0.3, -0.25) is 4.90 Å². The van der Waals surface area contributed by atoms with Crippen molar-refractivity contribution < 1.29 is 14.0 Å². The number of fused-ring (bicyclic) bond motifs is 1. The second-order valence-corrected chi connectivity index (χ2v) is 6.92. The number of nitrogens with zero attached hydrogens (tertiary/aromatic N) is 4. The summed E-state index contributed by atoms with van der Waals surface area (Å²) >= 11 is 0. The van der Waals surface area contributed by atoms with E-state index < -0.39 is 0 Å². The van der Waals surface area contributed by atoms with Crippen LogP contribution in [-0.4, -0.2) is 51.4 Å². The first-order chi connectivity index (χ1) is 12.2. The lowest BCUT2D eigenvalue weighted by molar-refractivity contribution is -0.0851. The van der Waals surface area contributed by atoms with Gasteiger partial charge in [0.1, 0.15) is 6.10 Å². The lowest BCUT2D eigenvalue weighted by Gasteiger charge is -2.43. The molecular formula is C18H24N4O3. The average Bonchev–Trinajstić information content (AvgIpc) is 3.21. The van der Waals surface area contributed by atoms with E-state index in [9.17, 15) is 0 Å². The number of pyridine rings is 1. The van der Waals surface area contributed by atoms with E-state index in [4.69, 9.17) is 14.0 Å². The van der Waals surface area contributed by atoms with Gasteiger partial charge in [0.15, 0.2) is 5.82 Å². The van der Waals surface area contributed by atoms with Gasteiger partial charge >= 0.3 is 0 Å². The van der Waals surface area contributed by atoms with Gasteiger partial charge < -0.3 is 14.0 Å². The quantitative estimate of drug-likeness (QED) is 0.824. The van der Waals surface area contributed by atoms with Gasteiger partial charge in [-0.25, -0.2) is 4.98 Å². The van der Waals surface area contributed by atoms with Crippen molar-refractivity contribution in [3.63, 3.8) is 0 Å². The van der Waals surface area contributed by atoms with E-state index in [-0.39, 0.29) is 17.7 Å². The van der Waals surface area contributed by atoms with Crippen molar-refractivity contribution in [3.05, 3.63) is 36.1 Å². The summed E-state index contributed by atoms with van der Waals surface area (Å²) in [6.45, 7) is 3.47. The lowest BCUT2D eigenvalue weighted by Crippen LogP contribution is -2.52. The summed E-state index contributed by atoms with van der Waals surface area (Å²) in [7, 11) is 1.83. The minimum atomic E-state index is -0.0982. The largest absolute Gasteiger partial charge is 0.474 e. The van der Waals surface area contributed by atoms with Crippen LogP contribution in [0.4, 0.5) is 0 Å². The van der Waals surface area contributed by atoms with Crippen molar-refractivity contribution >= 4 is 0 Å². The van der Waals surface area contributed by atoms with Gasteiger partial charge in [0.25, 0.3) is 0 Å². The summed E-state index contributed by atoms with van der Waals surface area (Å²) in [6, 6.07) is 6.04. The molecule has 1 saturated carbocycles. The predicted molar refractivity (Wildman–Crippen MR) is 90.1 cm³/mol. The molecule has 0 aromatic carbocycles. The molecular weight excluding hydrogens is 320 g/mol. The highest BCUT2D eigenvalue weighted by Gasteiger charge is 2.51. The van der Waals surface area contributed by atoms with Crippen molar-refractivity contribution in [3.8, 4) is 5.88 Å². The molecule has 0 amide bonds. The zero-order valence-corrected chi connectivity index (χ0v) is 14.7. The summed E-state index contributed by atoms with van der Waals surface area (Å²) in [5.74, 6) is 2.03. The summed E-state index contributed by atoms with van der Waals surface area (Å²) in [4.78, 5) is 11.0. The maximum Gasteiger partial charge on any atom is 0.240 e. The van der Waals surface area contributed by atoms with Gasteiger partial charge in [0.05, 0.1) is 12.1 Å². The van der Waals surface area contributed by atoms with Crippen LogP contribution in [0.1, 0.15) is 37.4 Å². The van der Waals surface area contributed by atoms with Gasteiger partial charge in [0.2, 0.25) is 11.8 Å². The van der Waals surface area contributed by atoms with Crippen LogP contribution in [0.2, 0.25) is 0 Å². The Morgan fingerprint density at radius 2 is 2.28 bits per heavy atom. The molecule has 0 bridgehead atoms. The van der Waals surface area contributed by atoms with Gasteiger partial charge in [-0.2, -0.15) is 4.98 Å². The third kappa shape index (κ3) is 3.26. The molecule has 7 nitrogen and oxygen atoms in total. The molecule has 25 heavy (non-hydrogen) atoms. The number of ether oxygens (including phenoxy) is 2. The Labute approximate surface area is 147 Å². The lowest BCUT2D eigenvalue weighted by atomic mass is 9.79. The third-order valence-electron chi connectivity index (χ3n) is 5.49.